The Morgan fingerprint density at radius 3 is 1.46 bits per heavy atom. The van der Waals surface area contributed by atoms with Crippen LogP contribution in [0.4, 0.5) is 0 Å². The van der Waals surface area contributed by atoms with Gasteiger partial charge in [-0.15, -0.1) is 0 Å². The molecule has 28 heavy (non-hydrogen) atoms. The predicted molar refractivity (Wildman–Crippen MR) is 117 cm³/mol. The van der Waals surface area contributed by atoms with E-state index in [2.05, 4.69) is 19.2 Å². The van der Waals surface area contributed by atoms with Crippen LogP contribution in [0.3, 0.4) is 0 Å². The third-order valence-electron chi connectivity index (χ3n) is 4.58. The number of carbonyl (C=O) groups excluding carboxylic acids is 2. The number of amides is 1. The first kappa shape index (κ1) is 29.8. The van der Waals surface area contributed by atoms with E-state index < -0.39 is 5.97 Å². The molecule has 1 amide bonds. The van der Waals surface area contributed by atoms with Crippen molar-refractivity contribution in [3.8, 4) is 0 Å². The molecule has 0 atom stereocenters. The van der Waals surface area contributed by atoms with Crippen LogP contribution in [0.5, 0.6) is 0 Å². The van der Waals surface area contributed by atoms with Crippen LogP contribution in [0, 0.1) is 0 Å². The molecular weight excluding hydrogens is 365 g/mol. The summed E-state index contributed by atoms with van der Waals surface area (Å²) in [5.74, 6) is -1.15. The molecule has 2 N–H and O–H groups in total. The summed E-state index contributed by atoms with van der Waals surface area (Å²) in [6, 6.07) is 0. The fourth-order valence-electron chi connectivity index (χ4n) is 2.84. The van der Waals surface area contributed by atoms with Crippen molar-refractivity contribution in [1.29, 1.82) is 0 Å². The van der Waals surface area contributed by atoms with Crippen molar-refractivity contribution in [2.24, 2.45) is 0 Å². The number of unbranched alkanes of at least 4 members (excludes halogenated alkanes) is 12. The van der Waals surface area contributed by atoms with E-state index >= 15 is 0 Å². The zero-order chi connectivity index (χ0) is 21.5. The number of carboxylic acid groups (broad SMARTS) is 1. The summed E-state index contributed by atoms with van der Waals surface area (Å²) in [6.45, 7) is 4.16. The van der Waals surface area contributed by atoms with Gasteiger partial charge in [0.2, 0.25) is 5.91 Å². The summed E-state index contributed by atoms with van der Waals surface area (Å²) in [4.78, 5) is 31.9. The van der Waals surface area contributed by atoms with Crippen molar-refractivity contribution >= 4 is 42.8 Å². The summed E-state index contributed by atoms with van der Waals surface area (Å²) in [6.07, 6.45) is 18.6. The molecule has 0 bridgehead atoms. The van der Waals surface area contributed by atoms with E-state index in [4.69, 9.17) is 5.11 Å². The van der Waals surface area contributed by atoms with Crippen molar-refractivity contribution in [3.63, 3.8) is 0 Å². The van der Waals surface area contributed by atoms with Gasteiger partial charge in [0.15, 0.2) is 0 Å². The standard InChI is InChI=1S/C12H23NO3.C10H19O.Na/c1-2-3-4-5-6-7-8-9-11(14)13-10-12(15)16;1-2-3-4-5-6-7-8-9-10-11;/h2-10H2,1H3,(H,13,14)(H,15,16);2-9H2,1H3;. The molecule has 6 heteroatoms. The molecule has 0 aromatic carbocycles. The van der Waals surface area contributed by atoms with Gasteiger partial charge in [-0.2, -0.15) is 0 Å². The Bertz CT molecular complexity index is 389. The number of carboxylic acids is 1. The Morgan fingerprint density at radius 2 is 1.07 bits per heavy atom. The molecule has 0 aliphatic rings. The molecule has 0 saturated heterocycles. The SMILES string of the molecule is CCCCCCCCCC(=O)NCC(=O)O.CCCCCCCCC[C](=O)[Na]. The maximum atomic E-state index is 11.1. The Labute approximate surface area is 190 Å². The molecule has 0 rings (SSSR count). The summed E-state index contributed by atoms with van der Waals surface area (Å²) in [5, 5.41) is 10.7. The Kier molecular flexibility index (Phi) is 26.2. The first-order valence-corrected chi connectivity index (χ1v) is 12.4. The van der Waals surface area contributed by atoms with E-state index in [1.54, 1.807) is 0 Å². The van der Waals surface area contributed by atoms with Gasteiger partial charge >= 0.3 is 100 Å². The molecule has 0 heterocycles. The normalized spacial score (nSPS) is 10.1. The number of aliphatic carboxylic acids is 1. The van der Waals surface area contributed by atoms with E-state index in [-0.39, 0.29) is 12.5 Å². The Balaban J connectivity index is 0. The number of hydrogen-bond donors (Lipinski definition) is 2. The topological polar surface area (TPSA) is 83.5 Å². The zero-order valence-corrected chi connectivity index (χ0v) is 20.7. The summed E-state index contributed by atoms with van der Waals surface area (Å²) < 4.78 is 0.476. The molecule has 0 aromatic rings. The van der Waals surface area contributed by atoms with Gasteiger partial charge in [-0.3, -0.25) is 9.59 Å². The fraction of sp³-hybridized carbons (Fsp3) is 0.864. The van der Waals surface area contributed by atoms with Gasteiger partial charge in [0.05, 0.1) is 0 Å². The van der Waals surface area contributed by atoms with Gasteiger partial charge in [0, 0.05) is 6.42 Å². The molecule has 0 radical (unpaired) electrons. The van der Waals surface area contributed by atoms with Gasteiger partial charge in [0.1, 0.15) is 6.54 Å². The van der Waals surface area contributed by atoms with E-state index in [0.717, 1.165) is 53.6 Å². The number of rotatable bonds is 18. The van der Waals surface area contributed by atoms with Gasteiger partial charge in [-0.25, -0.2) is 0 Å². The van der Waals surface area contributed by atoms with Crippen molar-refractivity contribution in [2.45, 2.75) is 117 Å². The van der Waals surface area contributed by atoms with Crippen LogP contribution in [0.25, 0.3) is 0 Å². The number of hydrogen-bond acceptors (Lipinski definition) is 3. The van der Waals surface area contributed by atoms with Crippen molar-refractivity contribution < 1.29 is 19.5 Å². The molecule has 0 spiro atoms. The number of nitrogens with one attached hydrogen (secondary N) is 1. The third kappa shape index (κ3) is 30.3. The first-order valence-electron chi connectivity index (χ1n) is 11.4. The second-order valence-corrected chi connectivity index (χ2v) is 8.73. The number of carbonyl (C=O) groups is 3. The van der Waals surface area contributed by atoms with Gasteiger partial charge < -0.3 is 10.4 Å². The van der Waals surface area contributed by atoms with E-state index in [9.17, 15) is 14.4 Å². The quantitative estimate of drug-likeness (QED) is 0.243. The van der Waals surface area contributed by atoms with Gasteiger partial charge in [0.25, 0.3) is 0 Å². The molecule has 0 aliphatic carbocycles. The predicted octanol–water partition coefficient (Wildman–Crippen LogP) is 5.15. The summed E-state index contributed by atoms with van der Waals surface area (Å²) >= 11 is 0.750. The van der Waals surface area contributed by atoms with Crippen LogP contribution in [0.2, 0.25) is 0 Å². The van der Waals surface area contributed by atoms with E-state index in [1.165, 1.54) is 70.6 Å². The fourth-order valence-corrected chi connectivity index (χ4v) is 3.19. The van der Waals surface area contributed by atoms with Gasteiger partial charge in [-0.05, 0) is 6.42 Å². The molecule has 5 nitrogen and oxygen atoms in total. The van der Waals surface area contributed by atoms with Crippen LogP contribution >= 0.6 is 0 Å². The molecular formula is C22H42NNaO4. The molecule has 160 valence electrons. The molecule has 0 aliphatic heterocycles. The maximum absolute atomic E-state index is 11.1. The van der Waals surface area contributed by atoms with Crippen LogP contribution < -0.4 is 5.32 Å². The van der Waals surface area contributed by atoms with Crippen LogP contribution in [0.1, 0.15) is 117 Å². The average molecular weight is 408 g/mol. The van der Waals surface area contributed by atoms with Crippen LogP contribution in [-0.2, 0) is 14.4 Å². The van der Waals surface area contributed by atoms with Crippen molar-refractivity contribution in [3.05, 3.63) is 0 Å². The molecule has 0 saturated carbocycles. The minimum atomic E-state index is -0.993. The molecule has 0 aromatic heterocycles. The van der Waals surface area contributed by atoms with Crippen molar-refractivity contribution in [2.75, 3.05) is 6.54 Å². The minimum absolute atomic E-state index is 0.157. The molecule has 0 unspecified atom stereocenters. The summed E-state index contributed by atoms with van der Waals surface area (Å²) in [7, 11) is 0. The van der Waals surface area contributed by atoms with Crippen LogP contribution in [-0.4, -0.2) is 54.5 Å². The molecule has 0 fully saturated rings. The zero-order valence-electron chi connectivity index (χ0n) is 18.7. The van der Waals surface area contributed by atoms with E-state index in [1.807, 2.05) is 0 Å². The van der Waals surface area contributed by atoms with Gasteiger partial charge in [-0.1, -0.05) is 45.4 Å². The second kappa shape index (κ2) is 24.6. The Morgan fingerprint density at radius 1 is 0.679 bits per heavy atom. The van der Waals surface area contributed by atoms with Crippen LogP contribution in [0.15, 0.2) is 0 Å². The third-order valence-corrected chi connectivity index (χ3v) is 5.08. The van der Waals surface area contributed by atoms with Crippen molar-refractivity contribution in [1.82, 2.24) is 5.32 Å². The second-order valence-electron chi connectivity index (χ2n) is 7.62. The monoisotopic (exact) mass is 407 g/mol. The average Bonchev–Trinajstić information content (AvgIpc) is 2.65. The summed E-state index contributed by atoms with van der Waals surface area (Å²) in [5.41, 5.74) is 0. The first-order chi connectivity index (χ1) is 13.4. The van der Waals surface area contributed by atoms with E-state index in [0.29, 0.717) is 9.45 Å². The Hall–Kier alpha value is -0.390.